The van der Waals surface area contributed by atoms with Gasteiger partial charge in [0.15, 0.2) is 0 Å². The van der Waals surface area contributed by atoms with Gasteiger partial charge in [0.25, 0.3) is 0 Å². The Balaban J connectivity index is 1.87. The molecule has 0 atom stereocenters. The van der Waals surface area contributed by atoms with E-state index in [4.69, 9.17) is 4.74 Å². The van der Waals surface area contributed by atoms with E-state index < -0.39 is 0 Å². The van der Waals surface area contributed by atoms with Crippen molar-refractivity contribution in [3.8, 4) is 5.75 Å². The number of ether oxygens (including phenoxy) is 1. The monoisotopic (exact) mass is 247 g/mol. The van der Waals surface area contributed by atoms with Gasteiger partial charge in [-0.25, -0.2) is 0 Å². The zero-order valence-corrected chi connectivity index (χ0v) is 10.5. The number of likely N-dealkylation sites (tertiary alicyclic amines) is 1. The van der Waals surface area contributed by atoms with E-state index in [1.807, 2.05) is 24.3 Å². The Labute approximate surface area is 107 Å². The molecule has 0 unspecified atom stereocenters. The average Bonchev–Trinajstić information content (AvgIpc) is 2.38. The number of hydrogen-bond donors (Lipinski definition) is 0. The largest absolute Gasteiger partial charge is 0.497 e. The summed E-state index contributed by atoms with van der Waals surface area (Å²) in [5, 5.41) is 0. The first-order valence-electron chi connectivity index (χ1n) is 6.11. The molecule has 1 aliphatic heterocycles. The van der Waals surface area contributed by atoms with Crippen molar-refractivity contribution in [2.75, 3.05) is 20.2 Å². The third-order valence-electron chi connectivity index (χ3n) is 3.19. The van der Waals surface area contributed by atoms with Gasteiger partial charge in [-0.05, 0) is 24.1 Å². The van der Waals surface area contributed by atoms with Crippen LogP contribution in [0, 0.1) is 0 Å². The fraction of sp³-hybridized carbons (Fsp3) is 0.429. The highest BCUT2D eigenvalue weighted by atomic mass is 16.5. The molecular weight excluding hydrogens is 230 g/mol. The summed E-state index contributed by atoms with van der Waals surface area (Å²) < 4.78 is 5.09. The second-order valence-corrected chi connectivity index (χ2v) is 4.44. The van der Waals surface area contributed by atoms with Crippen LogP contribution in [0.3, 0.4) is 0 Å². The molecule has 18 heavy (non-hydrogen) atoms. The number of carbonyl (C=O) groups is 2. The van der Waals surface area contributed by atoms with E-state index in [0.29, 0.717) is 19.5 Å². The number of rotatable bonds is 4. The Bertz CT molecular complexity index is 439. The second kappa shape index (κ2) is 5.67. The van der Waals surface area contributed by atoms with Crippen molar-refractivity contribution in [3.63, 3.8) is 0 Å². The zero-order chi connectivity index (χ0) is 13.0. The molecule has 0 bridgehead atoms. The molecule has 1 saturated heterocycles. The molecule has 1 aliphatic rings. The van der Waals surface area contributed by atoms with Crippen molar-refractivity contribution in [1.82, 2.24) is 4.90 Å². The number of piperidine rings is 1. The Morgan fingerprint density at radius 3 is 2.56 bits per heavy atom. The zero-order valence-electron chi connectivity index (χ0n) is 10.5. The fourth-order valence-electron chi connectivity index (χ4n) is 2.05. The van der Waals surface area contributed by atoms with Crippen molar-refractivity contribution in [3.05, 3.63) is 29.8 Å². The molecule has 2 rings (SSSR count). The first-order chi connectivity index (χ1) is 8.69. The Morgan fingerprint density at radius 1 is 1.22 bits per heavy atom. The van der Waals surface area contributed by atoms with E-state index in [9.17, 15) is 9.59 Å². The quantitative estimate of drug-likeness (QED) is 0.756. The van der Waals surface area contributed by atoms with Crippen LogP contribution >= 0.6 is 0 Å². The van der Waals surface area contributed by atoms with E-state index >= 15 is 0 Å². The number of amides is 1. The Hall–Kier alpha value is -1.84. The molecule has 0 N–H and O–H groups in total. The summed E-state index contributed by atoms with van der Waals surface area (Å²) in [5.74, 6) is 0.846. The van der Waals surface area contributed by atoms with Crippen molar-refractivity contribution in [2.24, 2.45) is 0 Å². The first kappa shape index (κ1) is 12.6. The molecule has 96 valence electrons. The van der Waals surface area contributed by atoms with Crippen LogP contribution in [0.1, 0.15) is 18.4 Å². The van der Waals surface area contributed by atoms with Crippen molar-refractivity contribution in [1.29, 1.82) is 0 Å². The van der Waals surface area contributed by atoms with Gasteiger partial charge < -0.3 is 9.64 Å². The van der Waals surface area contributed by atoms with E-state index in [0.717, 1.165) is 12.2 Å². The maximum atomic E-state index is 11.6. The average molecular weight is 247 g/mol. The summed E-state index contributed by atoms with van der Waals surface area (Å²) in [6, 6.07) is 7.82. The van der Waals surface area contributed by atoms with E-state index in [1.54, 1.807) is 12.0 Å². The molecule has 1 heterocycles. The topological polar surface area (TPSA) is 46.6 Å². The number of methoxy groups -OCH3 is 1. The van der Waals surface area contributed by atoms with Crippen molar-refractivity contribution in [2.45, 2.75) is 19.3 Å². The predicted molar refractivity (Wildman–Crippen MR) is 67.5 cm³/mol. The fourth-order valence-corrected chi connectivity index (χ4v) is 2.05. The van der Waals surface area contributed by atoms with Gasteiger partial charge in [0.2, 0.25) is 5.91 Å². The number of benzene rings is 1. The second-order valence-electron chi connectivity index (χ2n) is 4.44. The van der Waals surface area contributed by atoms with Gasteiger partial charge in [-0.2, -0.15) is 0 Å². The highest BCUT2D eigenvalue weighted by molar-refractivity contribution is 6.00. The lowest BCUT2D eigenvalue weighted by molar-refractivity contribution is -0.139. The number of carbonyl (C=O) groups excluding carboxylic acids is 2. The van der Waals surface area contributed by atoms with Gasteiger partial charge in [0.1, 0.15) is 11.5 Å². The highest BCUT2D eigenvalue weighted by Gasteiger charge is 2.22. The molecule has 1 aromatic carbocycles. The first-order valence-corrected chi connectivity index (χ1v) is 6.11. The number of nitrogens with zero attached hydrogens (tertiary/aromatic N) is 1. The number of ketones is 1. The summed E-state index contributed by atoms with van der Waals surface area (Å²) in [6.07, 6.45) is 1.38. The van der Waals surface area contributed by atoms with Crippen LogP contribution in [0.5, 0.6) is 5.75 Å². The minimum atomic E-state index is -0.0419. The minimum absolute atomic E-state index is 0.0419. The standard InChI is InChI=1S/C14H17NO3/c1-18-13-4-2-11(3-5-13)6-8-15-9-7-12(16)10-14(15)17/h2-5H,6-10H2,1H3. The van der Waals surface area contributed by atoms with Crippen LogP contribution in [0.15, 0.2) is 24.3 Å². The molecule has 1 amide bonds. The van der Waals surface area contributed by atoms with Crippen LogP contribution in [0.4, 0.5) is 0 Å². The lowest BCUT2D eigenvalue weighted by Gasteiger charge is -2.26. The van der Waals surface area contributed by atoms with Crippen LogP contribution in [-0.4, -0.2) is 36.8 Å². The van der Waals surface area contributed by atoms with Crippen LogP contribution in [-0.2, 0) is 16.0 Å². The lowest BCUT2D eigenvalue weighted by Crippen LogP contribution is -2.40. The minimum Gasteiger partial charge on any atom is -0.497 e. The molecule has 0 radical (unpaired) electrons. The molecule has 4 nitrogen and oxygen atoms in total. The SMILES string of the molecule is COc1ccc(CCN2CCC(=O)CC2=O)cc1. The smallest absolute Gasteiger partial charge is 0.230 e. The lowest BCUT2D eigenvalue weighted by atomic mass is 10.1. The maximum Gasteiger partial charge on any atom is 0.230 e. The van der Waals surface area contributed by atoms with Crippen LogP contribution < -0.4 is 4.74 Å². The van der Waals surface area contributed by atoms with E-state index in [1.165, 1.54) is 5.56 Å². The van der Waals surface area contributed by atoms with Gasteiger partial charge in [0, 0.05) is 19.5 Å². The highest BCUT2D eigenvalue weighted by Crippen LogP contribution is 2.13. The normalized spacial score (nSPS) is 15.9. The summed E-state index contributed by atoms with van der Waals surface area (Å²) in [4.78, 5) is 24.5. The van der Waals surface area contributed by atoms with Crippen LogP contribution in [0.2, 0.25) is 0 Å². The van der Waals surface area contributed by atoms with Crippen molar-refractivity contribution >= 4 is 11.7 Å². The van der Waals surface area contributed by atoms with Gasteiger partial charge in [-0.1, -0.05) is 12.1 Å². The molecule has 0 aromatic heterocycles. The predicted octanol–water partition coefficient (Wildman–Crippen LogP) is 1.43. The summed E-state index contributed by atoms with van der Waals surface area (Å²) >= 11 is 0. The van der Waals surface area contributed by atoms with Crippen molar-refractivity contribution < 1.29 is 14.3 Å². The Morgan fingerprint density at radius 2 is 1.94 bits per heavy atom. The van der Waals surface area contributed by atoms with Gasteiger partial charge in [-0.15, -0.1) is 0 Å². The van der Waals surface area contributed by atoms with Gasteiger partial charge >= 0.3 is 0 Å². The Kier molecular flexibility index (Phi) is 3.97. The van der Waals surface area contributed by atoms with E-state index in [2.05, 4.69) is 0 Å². The molecule has 0 spiro atoms. The maximum absolute atomic E-state index is 11.6. The molecule has 4 heteroatoms. The number of Topliss-reactive ketones (excluding diaryl/α,β-unsaturated/α-hetero) is 1. The van der Waals surface area contributed by atoms with Crippen LogP contribution in [0.25, 0.3) is 0 Å². The van der Waals surface area contributed by atoms with Gasteiger partial charge in [-0.3, -0.25) is 9.59 Å². The third kappa shape index (κ3) is 3.09. The summed E-state index contributed by atoms with van der Waals surface area (Å²) in [6.45, 7) is 1.24. The summed E-state index contributed by atoms with van der Waals surface area (Å²) in [5.41, 5.74) is 1.17. The molecule has 0 saturated carbocycles. The molecule has 0 aliphatic carbocycles. The van der Waals surface area contributed by atoms with Gasteiger partial charge in [0.05, 0.1) is 13.5 Å². The van der Waals surface area contributed by atoms with E-state index in [-0.39, 0.29) is 18.1 Å². The molecule has 1 aromatic rings. The molecule has 1 fully saturated rings. The molecular formula is C14H17NO3. The number of hydrogen-bond acceptors (Lipinski definition) is 3. The third-order valence-corrected chi connectivity index (χ3v) is 3.19. The summed E-state index contributed by atoms with van der Waals surface area (Å²) in [7, 11) is 1.64.